The molecule has 0 bridgehead atoms. The monoisotopic (exact) mass is 850 g/mol. The van der Waals surface area contributed by atoms with Gasteiger partial charge in [-0.2, -0.15) is 0 Å². The number of nitro benzene ring substituents is 4. The van der Waals surface area contributed by atoms with E-state index >= 15 is 0 Å². The first-order chi connectivity index (χ1) is 22.7. The van der Waals surface area contributed by atoms with Gasteiger partial charge in [-0.25, -0.2) is 0 Å². The van der Waals surface area contributed by atoms with Gasteiger partial charge in [-0.05, 0) is 48.5 Å². The summed E-state index contributed by atoms with van der Waals surface area (Å²) in [7, 11) is 0. The molecule has 0 amide bonds. The summed E-state index contributed by atoms with van der Waals surface area (Å²) >= 11 is 26.0. The van der Waals surface area contributed by atoms with Gasteiger partial charge in [0.2, 0.25) is 0 Å². The summed E-state index contributed by atoms with van der Waals surface area (Å²) in [4.78, 5) is 43.6. The molecule has 0 saturated heterocycles. The minimum absolute atomic E-state index is 0. The Morgan fingerprint density at radius 2 is 0.510 bits per heavy atom. The summed E-state index contributed by atoms with van der Waals surface area (Å²) in [6, 6.07) is 24.0. The standard InChI is InChI=1S/2C14H10N2O4S4.Ni/c2*17-15(18)9-1-5-11(6-2-9)23-13(21)14(22)24-12-7-3-10(4-8-12)16(19)20;/h2*1-8,21-22H;/p-4/b2*14-13-;. The van der Waals surface area contributed by atoms with E-state index < -0.39 is 19.7 Å². The SMILES string of the molecule is O=[N+]([O-])c1ccc(S/C([S-])=C(/[S-])Sc2ccc([N+](=O)[O-])cc2)cc1.O=[N+]([O-])c1ccc(S/C([S-])=C(/[S-])Sc2ccc([N+](=O)[O-])cc2)cc1.[Ni]. The fraction of sp³-hybridized carbons (Fsp3) is 0. The number of nitrogens with zero attached hydrogens (tertiary/aromatic N) is 4. The molecule has 12 nitrogen and oxygen atoms in total. The van der Waals surface area contributed by atoms with Crippen molar-refractivity contribution in [2.24, 2.45) is 0 Å². The van der Waals surface area contributed by atoms with E-state index in [-0.39, 0.29) is 39.2 Å². The average molecular weight is 852 g/mol. The molecule has 0 aliphatic rings. The molecule has 4 aromatic rings. The molecule has 0 aliphatic carbocycles. The van der Waals surface area contributed by atoms with E-state index in [1.807, 2.05) is 0 Å². The third-order valence-corrected chi connectivity index (χ3v) is 11.8. The number of hydrogen-bond donors (Lipinski definition) is 0. The Balaban J connectivity index is 0.000000333. The number of hydrogen-bond acceptors (Lipinski definition) is 16. The fourth-order valence-electron chi connectivity index (χ4n) is 3.14. The molecule has 0 saturated carbocycles. The maximum Gasteiger partial charge on any atom is 0.269 e. The Kier molecular flexibility index (Phi) is 17.5. The van der Waals surface area contributed by atoms with Crippen molar-refractivity contribution in [2.45, 2.75) is 19.6 Å². The summed E-state index contributed by atoms with van der Waals surface area (Å²) < 4.78 is 1.84. The fourth-order valence-corrected chi connectivity index (χ4v) is 7.57. The Bertz CT molecular complexity index is 1590. The molecule has 21 heteroatoms. The first kappa shape index (κ1) is 41.9. The first-order valence-corrected chi connectivity index (χ1v) is 17.5. The van der Waals surface area contributed by atoms with Crippen molar-refractivity contribution in [1.29, 1.82) is 0 Å². The maximum atomic E-state index is 10.6. The van der Waals surface area contributed by atoms with Crippen molar-refractivity contribution in [3.63, 3.8) is 0 Å². The second-order valence-corrected chi connectivity index (χ2v) is 15.6. The van der Waals surface area contributed by atoms with Gasteiger partial charge in [0.25, 0.3) is 22.7 Å². The Morgan fingerprint density at radius 1 is 0.367 bits per heavy atom. The predicted molar refractivity (Wildman–Crippen MR) is 199 cm³/mol. The third kappa shape index (κ3) is 13.9. The minimum atomic E-state index is -0.470. The molecule has 0 heterocycles. The summed E-state index contributed by atoms with van der Waals surface area (Å²) in [5, 5.41) is 42.5. The molecule has 0 aliphatic heterocycles. The van der Waals surface area contributed by atoms with Gasteiger partial charge in [0.15, 0.2) is 0 Å². The van der Waals surface area contributed by atoms with Gasteiger partial charge in [-0.3, -0.25) is 40.5 Å². The van der Waals surface area contributed by atoms with Crippen LogP contribution < -0.4 is 0 Å². The van der Waals surface area contributed by atoms with Crippen LogP contribution >= 0.6 is 47.0 Å². The Labute approximate surface area is 327 Å². The first-order valence-electron chi connectivity index (χ1n) is 12.6. The number of non-ortho nitro benzene ring substituents is 4. The molecule has 0 aromatic heterocycles. The van der Waals surface area contributed by atoms with Gasteiger partial charge >= 0.3 is 0 Å². The van der Waals surface area contributed by atoms with Crippen LogP contribution in [0.4, 0.5) is 22.7 Å². The number of benzene rings is 4. The molecule has 4 rings (SSSR count). The van der Waals surface area contributed by atoms with E-state index in [1.165, 1.54) is 95.6 Å². The van der Waals surface area contributed by atoms with E-state index in [2.05, 4.69) is 0 Å². The van der Waals surface area contributed by atoms with E-state index in [1.54, 1.807) is 48.5 Å². The number of rotatable bonds is 12. The van der Waals surface area contributed by atoms with E-state index in [0.29, 0.717) is 16.9 Å². The largest absolute Gasteiger partial charge is 0.774 e. The van der Waals surface area contributed by atoms with Crippen LogP contribution in [0.2, 0.25) is 0 Å². The van der Waals surface area contributed by atoms with Crippen molar-refractivity contribution >= 4 is 120 Å². The molecule has 0 atom stereocenters. The van der Waals surface area contributed by atoms with Gasteiger partial charge in [0.05, 0.1) is 19.7 Å². The molecule has 4 aromatic carbocycles. The third-order valence-electron chi connectivity index (χ3n) is 5.37. The molecular formula is C28H16N4NiO8S8-4. The number of thioether (sulfide) groups is 4. The topological polar surface area (TPSA) is 173 Å². The van der Waals surface area contributed by atoms with Crippen LogP contribution in [0.15, 0.2) is 134 Å². The van der Waals surface area contributed by atoms with Crippen LogP contribution in [0.1, 0.15) is 0 Å². The second kappa shape index (κ2) is 20.4. The van der Waals surface area contributed by atoms with Crippen molar-refractivity contribution in [3.8, 4) is 0 Å². The molecule has 49 heavy (non-hydrogen) atoms. The normalized spacial score (nSPS) is 11.4. The summed E-state index contributed by atoms with van der Waals surface area (Å²) in [5.41, 5.74) is 0.0300. The van der Waals surface area contributed by atoms with E-state index in [4.69, 9.17) is 50.5 Å². The van der Waals surface area contributed by atoms with Crippen LogP contribution in [0.3, 0.4) is 0 Å². The zero-order chi connectivity index (χ0) is 35.4. The molecule has 0 unspecified atom stereocenters. The van der Waals surface area contributed by atoms with Gasteiger partial charge in [-0.1, -0.05) is 0 Å². The van der Waals surface area contributed by atoms with Crippen molar-refractivity contribution in [1.82, 2.24) is 0 Å². The molecule has 0 spiro atoms. The zero-order valence-corrected chi connectivity index (χ0v) is 31.4. The van der Waals surface area contributed by atoms with Crippen LogP contribution in [-0.2, 0) is 67.0 Å². The summed E-state index contributed by atoms with van der Waals surface area (Å²) in [6.07, 6.45) is 0. The second-order valence-electron chi connectivity index (χ2n) is 8.56. The van der Waals surface area contributed by atoms with Crippen LogP contribution in [0.5, 0.6) is 0 Å². The zero-order valence-electron chi connectivity index (χ0n) is 23.9. The smallest absolute Gasteiger partial charge is 0.269 e. The minimum Gasteiger partial charge on any atom is -0.774 e. The maximum absolute atomic E-state index is 10.6. The summed E-state index contributed by atoms with van der Waals surface area (Å²) in [5.74, 6) is 0. The molecule has 0 radical (unpaired) electrons. The van der Waals surface area contributed by atoms with Gasteiger partial charge in [-0.15, -0.1) is 64.0 Å². The van der Waals surface area contributed by atoms with Gasteiger partial charge in [0, 0.05) is 84.6 Å². The molecule has 258 valence electrons. The van der Waals surface area contributed by atoms with E-state index in [0.717, 1.165) is 19.6 Å². The molecular weight excluding hydrogens is 836 g/mol. The van der Waals surface area contributed by atoms with E-state index in [9.17, 15) is 40.5 Å². The Morgan fingerprint density at radius 3 is 0.633 bits per heavy atom. The van der Waals surface area contributed by atoms with Gasteiger partial charge < -0.3 is 50.5 Å². The molecule has 0 N–H and O–H groups in total. The predicted octanol–water partition coefficient (Wildman–Crippen LogP) is 9.21. The summed E-state index contributed by atoms with van der Waals surface area (Å²) in [6.45, 7) is 0. The number of nitro groups is 4. The van der Waals surface area contributed by atoms with Crippen molar-refractivity contribution < 1.29 is 36.2 Å². The molecule has 0 fully saturated rings. The van der Waals surface area contributed by atoms with Gasteiger partial charge in [0.1, 0.15) is 0 Å². The quantitative estimate of drug-likeness (QED) is 0.0434. The van der Waals surface area contributed by atoms with Crippen molar-refractivity contribution in [2.75, 3.05) is 0 Å². The van der Waals surface area contributed by atoms with Crippen LogP contribution in [0.25, 0.3) is 0 Å². The Hall–Kier alpha value is -3.27. The van der Waals surface area contributed by atoms with Crippen LogP contribution in [0, 0.1) is 40.5 Å². The van der Waals surface area contributed by atoms with Crippen molar-refractivity contribution in [3.05, 3.63) is 154 Å². The average Bonchev–Trinajstić information content (AvgIpc) is 3.06. The van der Waals surface area contributed by atoms with Crippen LogP contribution in [-0.4, -0.2) is 19.7 Å².